The molecule has 0 radical (unpaired) electrons. The Hall–Kier alpha value is -2.36. The first-order valence-electron chi connectivity index (χ1n) is 8.06. The van der Waals surface area contributed by atoms with Crippen molar-refractivity contribution in [1.29, 1.82) is 0 Å². The van der Waals surface area contributed by atoms with Gasteiger partial charge in [0, 0.05) is 23.9 Å². The number of nitrogens with one attached hydrogen (secondary N) is 1. The third-order valence-corrected chi connectivity index (χ3v) is 3.77. The molecule has 0 unspecified atom stereocenters. The highest BCUT2D eigenvalue weighted by Gasteiger charge is 2.10. The van der Waals surface area contributed by atoms with Crippen molar-refractivity contribution in [1.82, 2.24) is 15.1 Å². The van der Waals surface area contributed by atoms with Crippen molar-refractivity contribution in [3.8, 4) is 5.69 Å². The van der Waals surface area contributed by atoms with Crippen LogP contribution in [0.1, 0.15) is 37.2 Å². The molecule has 0 spiro atoms. The normalized spacial score (nSPS) is 11.3. The Morgan fingerprint density at radius 1 is 1.26 bits per heavy atom. The molecule has 0 fully saturated rings. The first-order valence-corrected chi connectivity index (χ1v) is 8.06. The summed E-state index contributed by atoms with van der Waals surface area (Å²) in [5.74, 6) is 0.532. The smallest absolute Gasteiger partial charge is 0.244 e. The maximum absolute atomic E-state index is 11.9. The van der Waals surface area contributed by atoms with E-state index >= 15 is 0 Å². The molecule has 0 aliphatic carbocycles. The topological polar surface area (TPSA) is 46.9 Å². The molecule has 0 saturated carbocycles. The van der Waals surface area contributed by atoms with Crippen LogP contribution in [-0.2, 0) is 4.79 Å². The number of para-hydroxylation sites is 1. The zero-order chi connectivity index (χ0) is 16.8. The van der Waals surface area contributed by atoms with Gasteiger partial charge in [0.15, 0.2) is 0 Å². The van der Waals surface area contributed by atoms with Gasteiger partial charge in [-0.15, -0.1) is 0 Å². The van der Waals surface area contributed by atoms with E-state index < -0.39 is 0 Å². The summed E-state index contributed by atoms with van der Waals surface area (Å²) in [4.78, 5) is 11.9. The molecule has 0 aliphatic rings. The maximum atomic E-state index is 11.9. The lowest BCUT2D eigenvalue weighted by molar-refractivity contribution is -0.116. The monoisotopic (exact) mass is 311 g/mol. The fourth-order valence-electron chi connectivity index (χ4n) is 2.42. The Labute approximate surface area is 138 Å². The summed E-state index contributed by atoms with van der Waals surface area (Å²) in [5, 5.41) is 7.49. The average molecular weight is 311 g/mol. The number of hydrogen-bond acceptors (Lipinski definition) is 2. The molecular weight excluding hydrogens is 286 g/mol. The first-order chi connectivity index (χ1) is 11.0. The maximum Gasteiger partial charge on any atom is 0.244 e. The number of rotatable bonds is 6. The van der Waals surface area contributed by atoms with E-state index in [1.807, 2.05) is 54.9 Å². The molecule has 2 aromatic rings. The second-order valence-electron chi connectivity index (χ2n) is 6.14. The summed E-state index contributed by atoms with van der Waals surface area (Å²) in [6.07, 6.45) is 4.43. The summed E-state index contributed by atoms with van der Waals surface area (Å²) in [7, 11) is 0. The summed E-state index contributed by atoms with van der Waals surface area (Å²) in [5.41, 5.74) is 3.96. The third-order valence-electron chi connectivity index (χ3n) is 3.77. The Kier molecular flexibility index (Phi) is 5.74. The summed E-state index contributed by atoms with van der Waals surface area (Å²) < 4.78 is 1.91. The van der Waals surface area contributed by atoms with Crippen molar-refractivity contribution in [3.63, 3.8) is 0 Å². The molecular formula is C19H25N3O. The van der Waals surface area contributed by atoms with Gasteiger partial charge in [0.2, 0.25) is 5.91 Å². The Morgan fingerprint density at radius 3 is 2.61 bits per heavy atom. The fraction of sp³-hybridized carbons (Fsp3) is 0.368. The lowest BCUT2D eigenvalue weighted by Crippen LogP contribution is -2.23. The molecule has 2 rings (SSSR count). The van der Waals surface area contributed by atoms with Gasteiger partial charge in [0.1, 0.15) is 0 Å². The van der Waals surface area contributed by atoms with Crippen molar-refractivity contribution in [2.45, 2.75) is 34.1 Å². The van der Waals surface area contributed by atoms with Crippen LogP contribution in [0.25, 0.3) is 11.8 Å². The Balaban J connectivity index is 2.10. The van der Waals surface area contributed by atoms with Crippen molar-refractivity contribution in [2.75, 3.05) is 6.54 Å². The van der Waals surface area contributed by atoms with Gasteiger partial charge in [-0.1, -0.05) is 32.0 Å². The van der Waals surface area contributed by atoms with Gasteiger partial charge in [-0.05, 0) is 44.4 Å². The summed E-state index contributed by atoms with van der Waals surface area (Å²) in [6, 6.07) is 10.0. The number of aryl methyl sites for hydroxylation is 1. The van der Waals surface area contributed by atoms with Crippen LogP contribution in [0, 0.1) is 19.8 Å². The van der Waals surface area contributed by atoms with Crippen molar-refractivity contribution in [3.05, 3.63) is 53.4 Å². The van der Waals surface area contributed by atoms with Gasteiger partial charge in [-0.3, -0.25) is 4.79 Å². The van der Waals surface area contributed by atoms with Crippen LogP contribution in [0.15, 0.2) is 36.4 Å². The van der Waals surface area contributed by atoms with Gasteiger partial charge in [-0.2, -0.15) is 5.10 Å². The minimum Gasteiger partial charge on any atom is -0.353 e. The van der Waals surface area contributed by atoms with Crippen LogP contribution in [0.2, 0.25) is 0 Å². The van der Waals surface area contributed by atoms with Crippen molar-refractivity contribution >= 4 is 12.0 Å². The molecule has 1 heterocycles. The second kappa shape index (κ2) is 7.77. The number of benzene rings is 1. The van der Waals surface area contributed by atoms with Crippen LogP contribution in [0.4, 0.5) is 0 Å². The SMILES string of the molecule is Cc1nn(-c2ccccc2)c(C)c1/C=C/C(=O)NCCC(C)C. The molecule has 4 heteroatoms. The fourth-order valence-corrected chi connectivity index (χ4v) is 2.42. The Bertz CT molecular complexity index is 684. The van der Waals surface area contributed by atoms with Gasteiger partial charge < -0.3 is 5.32 Å². The van der Waals surface area contributed by atoms with Crippen molar-refractivity contribution in [2.24, 2.45) is 5.92 Å². The number of carbonyl (C=O) groups excluding carboxylic acids is 1. The van der Waals surface area contributed by atoms with Gasteiger partial charge in [0.05, 0.1) is 11.4 Å². The van der Waals surface area contributed by atoms with E-state index in [4.69, 9.17) is 0 Å². The molecule has 23 heavy (non-hydrogen) atoms. The van der Waals surface area contributed by atoms with Crippen molar-refractivity contribution < 1.29 is 4.79 Å². The van der Waals surface area contributed by atoms with Crippen LogP contribution in [0.5, 0.6) is 0 Å². The lowest BCUT2D eigenvalue weighted by Gasteiger charge is -2.05. The minimum atomic E-state index is -0.0584. The lowest BCUT2D eigenvalue weighted by atomic mass is 10.1. The van der Waals surface area contributed by atoms with Gasteiger partial charge in [0.25, 0.3) is 0 Å². The first kappa shape index (κ1) is 17.0. The predicted molar refractivity (Wildman–Crippen MR) is 94.5 cm³/mol. The van der Waals surface area contributed by atoms with E-state index in [-0.39, 0.29) is 5.91 Å². The van der Waals surface area contributed by atoms with E-state index in [1.54, 1.807) is 6.08 Å². The zero-order valence-electron chi connectivity index (χ0n) is 14.3. The molecule has 4 nitrogen and oxygen atoms in total. The van der Waals surface area contributed by atoms with E-state index in [0.717, 1.165) is 29.1 Å². The molecule has 1 amide bonds. The second-order valence-corrected chi connectivity index (χ2v) is 6.14. The van der Waals surface area contributed by atoms with Crippen LogP contribution < -0.4 is 5.32 Å². The van der Waals surface area contributed by atoms with Crippen LogP contribution in [-0.4, -0.2) is 22.2 Å². The summed E-state index contributed by atoms with van der Waals surface area (Å²) >= 11 is 0. The molecule has 0 aliphatic heterocycles. The molecule has 0 atom stereocenters. The largest absolute Gasteiger partial charge is 0.353 e. The highest BCUT2D eigenvalue weighted by molar-refractivity contribution is 5.92. The van der Waals surface area contributed by atoms with Gasteiger partial charge in [-0.25, -0.2) is 4.68 Å². The highest BCUT2D eigenvalue weighted by atomic mass is 16.1. The number of amides is 1. The molecule has 1 N–H and O–H groups in total. The highest BCUT2D eigenvalue weighted by Crippen LogP contribution is 2.18. The number of hydrogen-bond donors (Lipinski definition) is 1. The molecule has 122 valence electrons. The third kappa shape index (κ3) is 4.55. The minimum absolute atomic E-state index is 0.0584. The van der Waals surface area contributed by atoms with E-state index in [2.05, 4.69) is 24.3 Å². The van der Waals surface area contributed by atoms with Gasteiger partial charge >= 0.3 is 0 Å². The van der Waals surface area contributed by atoms with E-state index in [0.29, 0.717) is 12.5 Å². The zero-order valence-corrected chi connectivity index (χ0v) is 14.3. The van der Waals surface area contributed by atoms with E-state index in [1.165, 1.54) is 0 Å². The summed E-state index contributed by atoms with van der Waals surface area (Å²) in [6.45, 7) is 8.98. The molecule has 1 aromatic heterocycles. The van der Waals surface area contributed by atoms with Crippen LogP contribution >= 0.6 is 0 Å². The number of carbonyl (C=O) groups is 1. The molecule has 0 saturated heterocycles. The van der Waals surface area contributed by atoms with Crippen LogP contribution in [0.3, 0.4) is 0 Å². The predicted octanol–water partition coefficient (Wildman–Crippen LogP) is 3.66. The quantitative estimate of drug-likeness (QED) is 0.828. The Morgan fingerprint density at radius 2 is 1.96 bits per heavy atom. The van der Waals surface area contributed by atoms with E-state index in [9.17, 15) is 4.79 Å². The molecule has 1 aromatic carbocycles. The number of aromatic nitrogens is 2. The average Bonchev–Trinajstić information content (AvgIpc) is 2.80. The standard InChI is InChI=1S/C19H25N3O/c1-14(2)12-13-20-19(23)11-10-18-15(3)21-22(16(18)4)17-8-6-5-7-9-17/h5-11,14H,12-13H2,1-4H3,(H,20,23)/b11-10+. The number of nitrogens with zero attached hydrogens (tertiary/aromatic N) is 2. The molecule has 0 bridgehead atoms.